The number of furan rings is 1. The van der Waals surface area contributed by atoms with E-state index in [4.69, 9.17) is 20.8 Å². The van der Waals surface area contributed by atoms with Gasteiger partial charge in [-0.1, -0.05) is 11.6 Å². The predicted molar refractivity (Wildman–Crippen MR) is 79.8 cm³/mol. The number of rotatable bonds is 6. The average molecular weight is 311 g/mol. The summed E-state index contributed by atoms with van der Waals surface area (Å²) in [7, 11) is 1.56. The molecule has 0 aliphatic heterocycles. The molecule has 0 aliphatic carbocycles. The largest absolute Gasteiger partial charge is 0.464 e. The van der Waals surface area contributed by atoms with Crippen LogP contribution in [-0.2, 0) is 4.74 Å². The van der Waals surface area contributed by atoms with Crippen LogP contribution in [0.5, 0.6) is 0 Å². The number of methoxy groups -OCH3 is 1. The lowest BCUT2D eigenvalue weighted by Crippen LogP contribution is -2.16. The highest BCUT2D eigenvalue weighted by atomic mass is 35.5. The van der Waals surface area contributed by atoms with E-state index in [2.05, 4.69) is 5.32 Å². The molecule has 21 heavy (non-hydrogen) atoms. The third kappa shape index (κ3) is 3.74. The second kappa shape index (κ2) is 6.60. The molecule has 0 amide bonds. The van der Waals surface area contributed by atoms with Gasteiger partial charge in [0.05, 0.1) is 11.5 Å². The maximum atomic E-state index is 11.1. The van der Waals surface area contributed by atoms with E-state index in [1.54, 1.807) is 19.2 Å². The fraction of sp³-hybridized carbons (Fsp3) is 0.286. The van der Waals surface area contributed by atoms with E-state index in [1.807, 2.05) is 19.1 Å². The number of hydrogen-bond acceptors (Lipinski definition) is 5. The molecule has 112 valence electrons. The summed E-state index contributed by atoms with van der Waals surface area (Å²) in [6, 6.07) is 7.78. The smallest absolute Gasteiger partial charge is 0.293 e. The second-order valence-corrected chi connectivity index (χ2v) is 4.96. The highest BCUT2D eigenvalue weighted by Gasteiger charge is 2.21. The molecule has 7 heteroatoms. The van der Waals surface area contributed by atoms with Crippen molar-refractivity contribution in [1.29, 1.82) is 0 Å². The quantitative estimate of drug-likeness (QED) is 0.645. The normalized spacial score (nSPS) is 12.1. The third-order valence-electron chi connectivity index (χ3n) is 2.92. The van der Waals surface area contributed by atoms with Crippen LogP contribution in [0.4, 0.5) is 11.4 Å². The summed E-state index contributed by atoms with van der Waals surface area (Å²) in [5.41, 5.74) is 0.271. The van der Waals surface area contributed by atoms with Gasteiger partial charge in [0.2, 0.25) is 0 Å². The van der Waals surface area contributed by atoms with Gasteiger partial charge < -0.3 is 14.5 Å². The Balaban J connectivity index is 2.31. The topological polar surface area (TPSA) is 77.5 Å². The SMILES string of the molecule is COCC(Nc1ccc(Cl)cc1[N+](=O)[O-])c1ccc(C)o1. The zero-order chi connectivity index (χ0) is 15.4. The molecule has 0 saturated carbocycles. The lowest BCUT2D eigenvalue weighted by Gasteiger charge is -2.17. The number of aryl methyl sites for hydroxylation is 1. The fourth-order valence-corrected chi connectivity index (χ4v) is 2.13. The third-order valence-corrected chi connectivity index (χ3v) is 3.16. The van der Waals surface area contributed by atoms with E-state index in [0.29, 0.717) is 23.1 Å². The van der Waals surface area contributed by atoms with E-state index in [-0.39, 0.29) is 11.7 Å². The molecule has 0 radical (unpaired) electrons. The van der Waals surface area contributed by atoms with Crippen molar-refractivity contribution < 1.29 is 14.1 Å². The molecule has 0 spiro atoms. The van der Waals surface area contributed by atoms with Crippen LogP contribution in [0.25, 0.3) is 0 Å². The Morgan fingerprint density at radius 2 is 2.19 bits per heavy atom. The fourth-order valence-electron chi connectivity index (χ4n) is 1.97. The van der Waals surface area contributed by atoms with Crippen LogP contribution in [0, 0.1) is 17.0 Å². The number of benzene rings is 1. The molecule has 0 bridgehead atoms. The van der Waals surface area contributed by atoms with Crippen LogP contribution in [0.3, 0.4) is 0 Å². The summed E-state index contributed by atoms with van der Waals surface area (Å²) in [6.45, 7) is 2.14. The van der Waals surface area contributed by atoms with Gasteiger partial charge in [0.1, 0.15) is 23.2 Å². The molecule has 2 rings (SSSR count). The first-order valence-corrected chi connectivity index (χ1v) is 6.65. The monoisotopic (exact) mass is 310 g/mol. The Morgan fingerprint density at radius 3 is 2.76 bits per heavy atom. The highest BCUT2D eigenvalue weighted by molar-refractivity contribution is 6.30. The molecule has 1 N–H and O–H groups in total. The molecule has 6 nitrogen and oxygen atoms in total. The number of halogens is 1. The van der Waals surface area contributed by atoms with Crippen molar-refractivity contribution in [3.8, 4) is 0 Å². The minimum Gasteiger partial charge on any atom is -0.464 e. The van der Waals surface area contributed by atoms with Gasteiger partial charge in [-0.05, 0) is 31.2 Å². The first-order chi connectivity index (χ1) is 10.0. The number of nitro groups is 1. The number of anilines is 1. The molecule has 2 aromatic rings. The van der Waals surface area contributed by atoms with Crippen molar-refractivity contribution in [2.45, 2.75) is 13.0 Å². The van der Waals surface area contributed by atoms with Crippen LogP contribution in [0.1, 0.15) is 17.6 Å². The lowest BCUT2D eigenvalue weighted by molar-refractivity contribution is -0.384. The number of nitrogens with one attached hydrogen (secondary N) is 1. The number of nitrogens with zero attached hydrogens (tertiary/aromatic N) is 1. The maximum Gasteiger partial charge on any atom is 0.293 e. The molecule has 0 aliphatic rings. The van der Waals surface area contributed by atoms with Crippen molar-refractivity contribution in [2.24, 2.45) is 0 Å². The van der Waals surface area contributed by atoms with Crippen molar-refractivity contribution in [2.75, 3.05) is 19.0 Å². The molecule has 0 saturated heterocycles. The first kappa shape index (κ1) is 15.3. The zero-order valence-corrected chi connectivity index (χ0v) is 12.4. The summed E-state index contributed by atoms with van der Waals surface area (Å²) < 4.78 is 10.7. The Bertz CT molecular complexity index is 642. The highest BCUT2D eigenvalue weighted by Crippen LogP contribution is 2.31. The van der Waals surface area contributed by atoms with Gasteiger partial charge >= 0.3 is 0 Å². The Labute approximate surface area is 126 Å². The molecular weight excluding hydrogens is 296 g/mol. The summed E-state index contributed by atoms with van der Waals surface area (Å²) in [6.07, 6.45) is 0. The first-order valence-electron chi connectivity index (χ1n) is 6.27. The van der Waals surface area contributed by atoms with Crippen molar-refractivity contribution >= 4 is 23.0 Å². The Hall–Kier alpha value is -2.05. The summed E-state index contributed by atoms with van der Waals surface area (Å²) in [5.74, 6) is 1.41. The molecule has 1 atom stereocenters. The van der Waals surface area contributed by atoms with Crippen molar-refractivity contribution in [3.05, 3.63) is 57.0 Å². The molecule has 1 heterocycles. The van der Waals surface area contributed by atoms with Crippen LogP contribution in [0.15, 0.2) is 34.7 Å². The summed E-state index contributed by atoms with van der Waals surface area (Å²) in [4.78, 5) is 10.6. The maximum absolute atomic E-state index is 11.1. The predicted octanol–water partition coefficient (Wildman–Crippen LogP) is 3.95. The zero-order valence-electron chi connectivity index (χ0n) is 11.6. The summed E-state index contributed by atoms with van der Waals surface area (Å²) >= 11 is 5.80. The van der Waals surface area contributed by atoms with Crippen molar-refractivity contribution in [3.63, 3.8) is 0 Å². The van der Waals surface area contributed by atoms with Gasteiger partial charge in [-0.15, -0.1) is 0 Å². The van der Waals surface area contributed by atoms with E-state index < -0.39 is 4.92 Å². The minimum atomic E-state index is -0.481. The van der Waals surface area contributed by atoms with Gasteiger partial charge in [0.25, 0.3) is 5.69 Å². The standard InChI is InChI=1S/C14H15ClN2O4/c1-9-3-6-14(21-9)12(8-20-2)16-11-5-4-10(15)7-13(11)17(18)19/h3-7,12,16H,8H2,1-2H3. The molecule has 1 aromatic heterocycles. The second-order valence-electron chi connectivity index (χ2n) is 4.52. The van der Waals surface area contributed by atoms with Crippen LogP contribution < -0.4 is 5.32 Å². The van der Waals surface area contributed by atoms with Crippen LogP contribution in [0.2, 0.25) is 5.02 Å². The Kier molecular flexibility index (Phi) is 4.82. The van der Waals surface area contributed by atoms with Gasteiger partial charge in [-0.3, -0.25) is 10.1 Å². The number of ether oxygens (including phenoxy) is 1. The van der Waals surface area contributed by atoms with E-state index in [1.165, 1.54) is 6.07 Å². The molecule has 0 fully saturated rings. The minimum absolute atomic E-state index is 0.0909. The van der Waals surface area contributed by atoms with E-state index in [9.17, 15) is 10.1 Å². The lowest BCUT2D eigenvalue weighted by atomic mass is 10.2. The van der Waals surface area contributed by atoms with E-state index in [0.717, 1.165) is 5.76 Å². The van der Waals surface area contributed by atoms with Crippen LogP contribution in [-0.4, -0.2) is 18.6 Å². The molecule has 1 unspecified atom stereocenters. The van der Waals surface area contributed by atoms with E-state index >= 15 is 0 Å². The number of hydrogen-bond donors (Lipinski definition) is 1. The summed E-state index contributed by atoms with van der Waals surface area (Å²) in [5, 5.41) is 14.5. The molecular formula is C14H15ClN2O4. The molecule has 1 aromatic carbocycles. The van der Waals surface area contributed by atoms with Gasteiger partial charge in [0.15, 0.2) is 0 Å². The van der Waals surface area contributed by atoms with Gasteiger partial charge in [0, 0.05) is 18.2 Å². The van der Waals surface area contributed by atoms with Gasteiger partial charge in [-0.2, -0.15) is 0 Å². The Morgan fingerprint density at radius 1 is 1.43 bits per heavy atom. The van der Waals surface area contributed by atoms with Crippen LogP contribution >= 0.6 is 11.6 Å². The van der Waals surface area contributed by atoms with Crippen molar-refractivity contribution in [1.82, 2.24) is 0 Å². The average Bonchev–Trinajstić information content (AvgIpc) is 2.86. The number of nitro benzene ring substituents is 1. The van der Waals surface area contributed by atoms with Gasteiger partial charge in [-0.25, -0.2) is 0 Å².